The SMILES string of the molecule is NCc1nc(I)cc(OC(F)(F)F)c1C(F)(F)F. The Labute approximate surface area is 110 Å². The monoisotopic (exact) mass is 386 g/mol. The average Bonchev–Trinajstić information content (AvgIpc) is 2.11. The molecule has 0 amide bonds. The van der Waals surface area contributed by atoms with E-state index in [1.807, 2.05) is 0 Å². The molecule has 0 aliphatic heterocycles. The zero-order chi connectivity index (χ0) is 14.1. The fourth-order valence-electron chi connectivity index (χ4n) is 1.20. The van der Waals surface area contributed by atoms with Crippen LogP contribution in [-0.2, 0) is 12.7 Å². The van der Waals surface area contributed by atoms with Crippen molar-refractivity contribution in [3.8, 4) is 5.75 Å². The maximum absolute atomic E-state index is 12.7. The van der Waals surface area contributed by atoms with E-state index in [1.165, 1.54) is 22.6 Å². The highest BCUT2D eigenvalue weighted by Crippen LogP contribution is 2.40. The lowest BCUT2D eigenvalue weighted by atomic mass is 10.1. The summed E-state index contributed by atoms with van der Waals surface area (Å²) in [6, 6.07) is 0.552. The molecule has 0 fully saturated rings. The predicted octanol–water partition coefficient (Wildman–Crippen LogP) is 3.06. The van der Waals surface area contributed by atoms with E-state index in [4.69, 9.17) is 5.73 Å². The average molecular weight is 386 g/mol. The topological polar surface area (TPSA) is 48.1 Å². The largest absolute Gasteiger partial charge is 0.573 e. The predicted molar refractivity (Wildman–Crippen MR) is 56.5 cm³/mol. The molecule has 0 bridgehead atoms. The summed E-state index contributed by atoms with van der Waals surface area (Å²) in [6.07, 6.45) is -10.3. The van der Waals surface area contributed by atoms with Crippen LogP contribution in [0.2, 0.25) is 0 Å². The van der Waals surface area contributed by atoms with Crippen molar-refractivity contribution in [2.45, 2.75) is 19.1 Å². The Morgan fingerprint density at radius 2 is 1.78 bits per heavy atom. The third-order valence-electron chi connectivity index (χ3n) is 1.73. The van der Waals surface area contributed by atoms with E-state index in [0.717, 1.165) is 0 Å². The second-order valence-corrected chi connectivity index (χ2v) is 4.12. The fourth-order valence-corrected chi connectivity index (χ4v) is 1.77. The molecule has 0 aromatic carbocycles. The number of hydrogen-bond donors (Lipinski definition) is 1. The van der Waals surface area contributed by atoms with Crippen molar-refractivity contribution in [1.29, 1.82) is 0 Å². The molecule has 0 aliphatic carbocycles. The van der Waals surface area contributed by atoms with Crippen molar-refractivity contribution in [2.75, 3.05) is 0 Å². The van der Waals surface area contributed by atoms with Crippen molar-refractivity contribution in [2.24, 2.45) is 5.73 Å². The van der Waals surface area contributed by atoms with Crippen LogP contribution in [0.15, 0.2) is 6.07 Å². The van der Waals surface area contributed by atoms with Gasteiger partial charge in [-0.3, -0.25) is 0 Å². The first kappa shape index (κ1) is 15.3. The van der Waals surface area contributed by atoms with Gasteiger partial charge in [0.05, 0.1) is 5.69 Å². The first-order chi connectivity index (χ1) is 8.04. The van der Waals surface area contributed by atoms with Crippen LogP contribution >= 0.6 is 22.6 Å². The first-order valence-corrected chi connectivity index (χ1v) is 5.35. The van der Waals surface area contributed by atoms with E-state index in [-0.39, 0.29) is 3.70 Å². The minimum Gasteiger partial charge on any atom is -0.405 e. The van der Waals surface area contributed by atoms with Gasteiger partial charge in [-0.05, 0) is 22.6 Å². The van der Waals surface area contributed by atoms with Crippen molar-refractivity contribution in [1.82, 2.24) is 4.98 Å². The first-order valence-electron chi connectivity index (χ1n) is 4.27. The van der Waals surface area contributed by atoms with Gasteiger partial charge in [0, 0.05) is 12.6 Å². The lowest BCUT2D eigenvalue weighted by Gasteiger charge is -2.17. The maximum Gasteiger partial charge on any atom is 0.573 e. The highest BCUT2D eigenvalue weighted by atomic mass is 127. The summed E-state index contributed by atoms with van der Waals surface area (Å²) in [4.78, 5) is 3.44. The number of pyridine rings is 1. The van der Waals surface area contributed by atoms with E-state index in [1.54, 1.807) is 0 Å². The van der Waals surface area contributed by atoms with Crippen LogP contribution in [0.5, 0.6) is 5.75 Å². The van der Waals surface area contributed by atoms with Crippen LogP contribution in [0.3, 0.4) is 0 Å². The van der Waals surface area contributed by atoms with Crippen LogP contribution in [0.1, 0.15) is 11.3 Å². The molecule has 0 saturated carbocycles. The minimum atomic E-state index is -5.23. The molecule has 1 aromatic rings. The summed E-state index contributed by atoms with van der Waals surface area (Å²) in [5, 5.41) is 0. The summed E-state index contributed by atoms with van der Waals surface area (Å²) in [6.45, 7) is -0.653. The summed E-state index contributed by atoms with van der Waals surface area (Å²) in [7, 11) is 0. The Balaban J connectivity index is 3.43. The number of alkyl halides is 6. The number of halogens is 7. The third-order valence-corrected chi connectivity index (χ3v) is 2.28. The van der Waals surface area contributed by atoms with Crippen molar-refractivity contribution < 1.29 is 31.1 Å². The fraction of sp³-hybridized carbons (Fsp3) is 0.375. The second kappa shape index (κ2) is 5.07. The summed E-state index contributed by atoms with van der Waals surface area (Å²) in [5.41, 5.74) is 2.74. The van der Waals surface area contributed by atoms with Gasteiger partial charge in [-0.25, -0.2) is 4.98 Å². The van der Waals surface area contributed by atoms with E-state index in [9.17, 15) is 26.3 Å². The highest BCUT2D eigenvalue weighted by molar-refractivity contribution is 14.1. The molecular formula is C8H5F6IN2O. The maximum atomic E-state index is 12.7. The molecule has 3 nitrogen and oxygen atoms in total. The Kier molecular flexibility index (Phi) is 4.30. The van der Waals surface area contributed by atoms with E-state index >= 15 is 0 Å². The van der Waals surface area contributed by atoms with Crippen molar-refractivity contribution in [3.05, 3.63) is 21.0 Å². The molecule has 102 valence electrons. The molecule has 0 spiro atoms. The van der Waals surface area contributed by atoms with Gasteiger partial charge >= 0.3 is 12.5 Å². The number of rotatable bonds is 2. The molecule has 1 rings (SSSR count). The van der Waals surface area contributed by atoms with Gasteiger partial charge in [0.15, 0.2) is 0 Å². The van der Waals surface area contributed by atoms with Gasteiger partial charge < -0.3 is 10.5 Å². The van der Waals surface area contributed by atoms with Gasteiger partial charge in [0.25, 0.3) is 0 Å². The van der Waals surface area contributed by atoms with Gasteiger partial charge in [-0.2, -0.15) is 13.2 Å². The normalized spacial score (nSPS) is 12.7. The van der Waals surface area contributed by atoms with E-state index in [2.05, 4.69) is 9.72 Å². The van der Waals surface area contributed by atoms with Gasteiger partial charge in [-0.1, -0.05) is 0 Å². The van der Waals surface area contributed by atoms with Crippen LogP contribution in [-0.4, -0.2) is 11.3 Å². The number of nitrogens with zero attached hydrogens (tertiary/aromatic N) is 1. The molecule has 0 radical (unpaired) electrons. The zero-order valence-corrected chi connectivity index (χ0v) is 10.5. The Morgan fingerprint density at radius 3 is 2.17 bits per heavy atom. The zero-order valence-electron chi connectivity index (χ0n) is 8.36. The standard InChI is InChI=1S/C8H5F6IN2O/c9-7(10,11)6-3(2-16)17-5(15)1-4(6)18-8(12,13)14/h1H,2,16H2. The number of aromatic nitrogens is 1. The summed E-state index contributed by atoms with van der Waals surface area (Å²) < 4.78 is 77.4. The lowest BCUT2D eigenvalue weighted by molar-refractivity contribution is -0.276. The summed E-state index contributed by atoms with van der Waals surface area (Å²) >= 11 is 1.47. The quantitative estimate of drug-likeness (QED) is 0.483. The number of nitrogens with two attached hydrogens (primary N) is 1. The van der Waals surface area contributed by atoms with Gasteiger partial charge in [0.1, 0.15) is 15.0 Å². The van der Waals surface area contributed by atoms with Crippen molar-refractivity contribution >= 4 is 22.6 Å². The molecule has 0 aliphatic rings. The van der Waals surface area contributed by atoms with Crippen molar-refractivity contribution in [3.63, 3.8) is 0 Å². The van der Waals surface area contributed by atoms with Crippen LogP contribution < -0.4 is 10.5 Å². The Hall–Kier alpha value is -0.780. The Morgan fingerprint density at radius 1 is 1.22 bits per heavy atom. The lowest BCUT2D eigenvalue weighted by Crippen LogP contribution is -2.23. The smallest absolute Gasteiger partial charge is 0.405 e. The molecule has 1 heterocycles. The highest BCUT2D eigenvalue weighted by Gasteiger charge is 2.42. The Bertz CT molecular complexity index is 444. The van der Waals surface area contributed by atoms with E-state index in [0.29, 0.717) is 6.07 Å². The second-order valence-electron chi connectivity index (χ2n) is 3.01. The molecule has 10 heteroatoms. The summed E-state index contributed by atoms with van der Waals surface area (Å²) in [5.74, 6) is -1.35. The van der Waals surface area contributed by atoms with Crippen LogP contribution in [0.25, 0.3) is 0 Å². The third kappa shape index (κ3) is 3.86. The molecule has 0 saturated heterocycles. The molecule has 0 atom stereocenters. The molecule has 18 heavy (non-hydrogen) atoms. The van der Waals surface area contributed by atoms with Crippen LogP contribution in [0, 0.1) is 3.70 Å². The van der Waals surface area contributed by atoms with Gasteiger partial charge in [-0.15, -0.1) is 13.2 Å². The number of hydrogen-bond acceptors (Lipinski definition) is 3. The molecule has 0 unspecified atom stereocenters. The van der Waals surface area contributed by atoms with E-state index < -0.39 is 36.1 Å². The number of ether oxygens (including phenoxy) is 1. The molecular weight excluding hydrogens is 381 g/mol. The minimum absolute atomic E-state index is 0.0831. The molecule has 1 aromatic heterocycles. The van der Waals surface area contributed by atoms with Gasteiger partial charge in [0.2, 0.25) is 0 Å². The molecule has 2 N–H and O–H groups in total. The van der Waals surface area contributed by atoms with Crippen LogP contribution in [0.4, 0.5) is 26.3 Å².